The van der Waals surface area contributed by atoms with Gasteiger partial charge in [-0.15, -0.1) is 0 Å². The Balaban J connectivity index is 0. The number of hydrogen-bond acceptors (Lipinski definition) is 1. The number of hydrogen-bond donors (Lipinski definition) is 0. The van der Waals surface area contributed by atoms with Gasteiger partial charge in [-0.3, -0.25) is 0 Å². The van der Waals surface area contributed by atoms with Crippen LogP contribution in [0, 0.1) is 0 Å². The summed E-state index contributed by atoms with van der Waals surface area (Å²) in [6.45, 7) is 13.5. The van der Waals surface area contributed by atoms with Crippen LogP contribution in [-0.2, 0) is 0 Å². The van der Waals surface area contributed by atoms with Crippen molar-refractivity contribution in [2.75, 3.05) is 14.1 Å². The molecule has 0 fully saturated rings. The van der Waals surface area contributed by atoms with E-state index < -0.39 is 0 Å². The SMILES string of the molecule is C=C(C)/C=C\C(=C)N(C)C.CC. The summed E-state index contributed by atoms with van der Waals surface area (Å²) in [6.07, 6.45) is 3.89. The van der Waals surface area contributed by atoms with Crippen molar-refractivity contribution in [2.24, 2.45) is 0 Å². The average molecular weight is 167 g/mol. The van der Waals surface area contributed by atoms with Crippen LogP contribution in [0.15, 0.2) is 36.6 Å². The van der Waals surface area contributed by atoms with Gasteiger partial charge in [0.05, 0.1) is 0 Å². The fourth-order valence-corrected chi connectivity index (χ4v) is 0.388. The second-order valence-corrected chi connectivity index (χ2v) is 2.57. The highest BCUT2D eigenvalue weighted by Crippen LogP contribution is 1.98. The van der Waals surface area contributed by atoms with Crippen LogP contribution in [0.5, 0.6) is 0 Å². The van der Waals surface area contributed by atoms with Crippen LogP contribution in [0.4, 0.5) is 0 Å². The number of rotatable bonds is 3. The van der Waals surface area contributed by atoms with Crippen molar-refractivity contribution < 1.29 is 0 Å². The minimum absolute atomic E-state index is 0.989. The average Bonchev–Trinajstić information content (AvgIpc) is 2.03. The van der Waals surface area contributed by atoms with Crippen LogP contribution in [0.3, 0.4) is 0 Å². The van der Waals surface area contributed by atoms with Crippen molar-refractivity contribution in [3.05, 3.63) is 36.6 Å². The van der Waals surface area contributed by atoms with Crippen molar-refractivity contribution in [1.82, 2.24) is 4.90 Å². The number of allylic oxidation sites excluding steroid dienone is 3. The summed E-state index contributed by atoms with van der Waals surface area (Å²) >= 11 is 0. The van der Waals surface area contributed by atoms with Crippen LogP contribution >= 0.6 is 0 Å². The van der Waals surface area contributed by atoms with E-state index in [1.54, 1.807) is 0 Å². The smallest absolute Gasteiger partial charge is 0.0288 e. The molecule has 0 aliphatic carbocycles. The van der Waals surface area contributed by atoms with E-state index in [0.717, 1.165) is 11.3 Å². The summed E-state index contributed by atoms with van der Waals surface area (Å²) in [4.78, 5) is 1.96. The van der Waals surface area contributed by atoms with E-state index in [9.17, 15) is 0 Å². The van der Waals surface area contributed by atoms with Gasteiger partial charge in [-0.2, -0.15) is 0 Å². The maximum atomic E-state index is 3.82. The van der Waals surface area contributed by atoms with E-state index in [1.807, 2.05) is 51.9 Å². The molecule has 0 saturated heterocycles. The lowest BCUT2D eigenvalue weighted by atomic mass is 10.3. The Labute approximate surface area is 77.1 Å². The molecule has 1 heteroatoms. The van der Waals surface area contributed by atoms with Crippen LogP contribution < -0.4 is 0 Å². The standard InChI is InChI=1S/C9H15N.C2H6/c1-8(2)6-7-9(3)10(4)5;1-2/h6-7H,1,3H2,2,4-5H3;1-2H3/b7-6-;. The maximum absolute atomic E-state index is 3.82. The van der Waals surface area contributed by atoms with E-state index >= 15 is 0 Å². The topological polar surface area (TPSA) is 3.24 Å². The molecule has 0 aliphatic heterocycles. The fraction of sp³-hybridized carbons (Fsp3) is 0.455. The van der Waals surface area contributed by atoms with E-state index in [4.69, 9.17) is 0 Å². The Kier molecular flexibility index (Phi) is 9.20. The highest BCUT2D eigenvalue weighted by molar-refractivity contribution is 5.21. The Bertz CT molecular complexity index is 164. The summed E-state index contributed by atoms with van der Waals surface area (Å²) in [5.74, 6) is 0. The van der Waals surface area contributed by atoms with Crippen molar-refractivity contribution in [3.63, 3.8) is 0 Å². The van der Waals surface area contributed by atoms with Crippen molar-refractivity contribution in [2.45, 2.75) is 20.8 Å². The minimum atomic E-state index is 0.989. The fourth-order valence-electron chi connectivity index (χ4n) is 0.388. The molecule has 0 unspecified atom stereocenters. The van der Waals surface area contributed by atoms with E-state index in [2.05, 4.69) is 13.2 Å². The number of likely N-dealkylation sites (N-methyl/N-ethyl adjacent to an activating group) is 1. The number of nitrogens with zero attached hydrogens (tertiary/aromatic N) is 1. The third-order valence-corrected chi connectivity index (χ3v) is 1.13. The van der Waals surface area contributed by atoms with Gasteiger partial charge in [-0.25, -0.2) is 0 Å². The Hall–Kier alpha value is -0.980. The molecule has 0 amide bonds. The molecule has 0 spiro atoms. The maximum Gasteiger partial charge on any atom is 0.0288 e. The largest absolute Gasteiger partial charge is 0.378 e. The molecule has 12 heavy (non-hydrogen) atoms. The molecule has 0 heterocycles. The molecule has 0 bridgehead atoms. The van der Waals surface area contributed by atoms with Gasteiger partial charge >= 0.3 is 0 Å². The molecule has 0 aromatic rings. The molecule has 0 aromatic heterocycles. The molecule has 0 N–H and O–H groups in total. The first kappa shape index (κ1) is 13.6. The van der Waals surface area contributed by atoms with Gasteiger partial charge in [-0.1, -0.05) is 38.7 Å². The molecule has 0 aromatic carbocycles. The molecular weight excluding hydrogens is 146 g/mol. The third-order valence-electron chi connectivity index (χ3n) is 1.13. The minimum Gasteiger partial charge on any atom is -0.378 e. The van der Waals surface area contributed by atoms with Crippen molar-refractivity contribution in [1.29, 1.82) is 0 Å². The predicted molar refractivity (Wildman–Crippen MR) is 58.1 cm³/mol. The Morgan fingerprint density at radius 2 is 1.50 bits per heavy atom. The van der Waals surface area contributed by atoms with Gasteiger partial charge in [0.1, 0.15) is 0 Å². The van der Waals surface area contributed by atoms with E-state index in [-0.39, 0.29) is 0 Å². The lowest BCUT2D eigenvalue weighted by Crippen LogP contribution is -2.07. The zero-order valence-corrected chi connectivity index (χ0v) is 9.02. The quantitative estimate of drug-likeness (QED) is 0.583. The summed E-state index contributed by atoms with van der Waals surface area (Å²) in [5.41, 5.74) is 2.03. The second kappa shape index (κ2) is 8.12. The summed E-state index contributed by atoms with van der Waals surface area (Å²) in [5, 5.41) is 0. The van der Waals surface area contributed by atoms with Gasteiger partial charge in [-0.05, 0) is 13.0 Å². The summed E-state index contributed by atoms with van der Waals surface area (Å²) < 4.78 is 0. The van der Waals surface area contributed by atoms with Crippen LogP contribution in [-0.4, -0.2) is 19.0 Å². The van der Waals surface area contributed by atoms with Gasteiger partial charge in [0, 0.05) is 19.8 Å². The van der Waals surface area contributed by atoms with E-state index in [1.165, 1.54) is 0 Å². The predicted octanol–water partition coefficient (Wildman–Crippen LogP) is 3.22. The van der Waals surface area contributed by atoms with Crippen LogP contribution in [0.25, 0.3) is 0 Å². The summed E-state index contributed by atoms with van der Waals surface area (Å²) in [6, 6.07) is 0. The highest BCUT2D eigenvalue weighted by Gasteiger charge is 1.86. The molecule has 0 saturated carbocycles. The van der Waals surface area contributed by atoms with Crippen LogP contribution in [0.1, 0.15) is 20.8 Å². The normalized spacial score (nSPS) is 8.75. The van der Waals surface area contributed by atoms with Crippen LogP contribution in [0.2, 0.25) is 0 Å². The molecule has 70 valence electrons. The summed E-state index contributed by atoms with van der Waals surface area (Å²) in [7, 11) is 3.93. The third kappa shape index (κ3) is 9.02. The first-order valence-corrected chi connectivity index (χ1v) is 4.24. The molecule has 0 atom stereocenters. The lowest BCUT2D eigenvalue weighted by Gasteiger charge is -2.10. The van der Waals surface area contributed by atoms with Gasteiger partial charge in [0.15, 0.2) is 0 Å². The first-order valence-electron chi connectivity index (χ1n) is 4.24. The molecule has 0 radical (unpaired) electrons. The van der Waals surface area contributed by atoms with E-state index in [0.29, 0.717) is 0 Å². The van der Waals surface area contributed by atoms with Crippen molar-refractivity contribution >= 4 is 0 Å². The molecule has 1 nitrogen and oxygen atoms in total. The van der Waals surface area contributed by atoms with Gasteiger partial charge in [0.25, 0.3) is 0 Å². The molecular formula is C11H21N. The Morgan fingerprint density at radius 1 is 1.08 bits per heavy atom. The highest BCUT2D eigenvalue weighted by atomic mass is 15.1. The van der Waals surface area contributed by atoms with Gasteiger partial charge < -0.3 is 4.90 Å². The Morgan fingerprint density at radius 3 is 1.75 bits per heavy atom. The second-order valence-electron chi connectivity index (χ2n) is 2.57. The monoisotopic (exact) mass is 167 g/mol. The first-order chi connectivity index (χ1) is 5.54. The molecule has 0 rings (SSSR count). The van der Waals surface area contributed by atoms with Crippen molar-refractivity contribution in [3.8, 4) is 0 Å². The zero-order valence-electron chi connectivity index (χ0n) is 9.02. The lowest BCUT2D eigenvalue weighted by molar-refractivity contribution is 0.532. The van der Waals surface area contributed by atoms with Gasteiger partial charge in [0.2, 0.25) is 0 Å². The molecule has 0 aliphatic rings. The zero-order chi connectivity index (χ0) is 10.1.